The molecule has 0 unspecified atom stereocenters. The number of piperidine rings is 1. The molecule has 1 aromatic carbocycles. The Morgan fingerprint density at radius 1 is 1.19 bits per heavy atom. The maximum atomic E-state index is 12.6. The smallest absolute Gasteiger partial charge is 0.236 e. The summed E-state index contributed by atoms with van der Waals surface area (Å²) in [5.74, 6) is 0.807. The second-order valence-corrected chi connectivity index (χ2v) is 7.82. The van der Waals surface area contributed by atoms with Crippen molar-refractivity contribution in [3.8, 4) is 0 Å². The standard InChI is InChI=1S/C21H29ClN2O2/c1-23(20-10-14-26-15-11-20)16-21(25)24-12-8-18(9-13-24)3-2-17-4-6-19(22)7-5-17/h2-7,18,20H,8-16H2,1H3/b3-2+. The number of ether oxygens (including phenoxy) is 1. The predicted molar refractivity (Wildman–Crippen MR) is 106 cm³/mol. The number of allylic oxidation sites excluding steroid dienone is 1. The molecule has 5 heteroatoms. The van der Waals surface area contributed by atoms with Gasteiger partial charge in [0, 0.05) is 37.4 Å². The Balaban J connectivity index is 1.42. The van der Waals surface area contributed by atoms with Gasteiger partial charge in [-0.25, -0.2) is 0 Å². The van der Waals surface area contributed by atoms with Crippen LogP contribution in [0, 0.1) is 5.92 Å². The highest BCUT2D eigenvalue weighted by Gasteiger charge is 2.25. The Bertz CT molecular complexity index is 603. The minimum atomic E-state index is 0.263. The number of hydrogen-bond donors (Lipinski definition) is 0. The topological polar surface area (TPSA) is 32.8 Å². The third-order valence-electron chi connectivity index (χ3n) is 5.52. The van der Waals surface area contributed by atoms with Gasteiger partial charge in [-0.05, 0) is 56.3 Å². The molecular weight excluding hydrogens is 348 g/mol. The average Bonchev–Trinajstić information content (AvgIpc) is 2.68. The number of likely N-dealkylation sites (tertiary alicyclic amines) is 1. The van der Waals surface area contributed by atoms with Crippen molar-refractivity contribution in [3.05, 3.63) is 40.9 Å². The second kappa shape index (κ2) is 9.54. The largest absolute Gasteiger partial charge is 0.381 e. The normalized spacial score (nSPS) is 20.2. The highest BCUT2D eigenvalue weighted by Crippen LogP contribution is 2.21. The molecule has 2 fully saturated rings. The molecule has 4 nitrogen and oxygen atoms in total. The van der Waals surface area contributed by atoms with E-state index in [2.05, 4.69) is 24.1 Å². The van der Waals surface area contributed by atoms with Crippen LogP contribution in [0.5, 0.6) is 0 Å². The number of amides is 1. The lowest BCUT2D eigenvalue weighted by Crippen LogP contribution is -2.46. The van der Waals surface area contributed by atoms with Gasteiger partial charge in [0.25, 0.3) is 0 Å². The zero-order chi connectivity index (χ0) is 18.4. The van der Waals surface area contributed by atoms with Gasteiger partial charge in [0.05, 0.1) is 6.54 Å². The highest BCUT2D eigenvalue weighted by atomic mass is 35.5. The van der Waals surface area contributed by atoms with Gasteiger partial charge >= 0.3 is 0 Å². The van der Waals surface area contributed by atoms with Crippen molar-refractivity contribution in [2.45, 2.75) is 31.7 Å². The van der Waals surface area contributed by atoms with E-state index in [0.29, 0.717) is 18.5 Å². The zero-order valence-corrected chi connectivity index (χ0v) is 16.3. The molecule has 2 heterocycles. The highest BCUT2D eigenvalue weighted by molar-refractivity contribution is 6.30. The third kappa shape index (κ3) is 5.57. The molecule has 0 spiro atoms. The number of carbonyl (C=O) groups is 1. The van der Waals surface area contributed by atoms with Gasteiger partial charge in [0.15, 0.2) is 0 Å². The van der Waals surface area contributed by atoms with E-state index in [1.54, 1.807) is 0 Å². The summed E-state index contributed by atoms with van der Waals surface area (Å²) in [7, 11) is 2.06. The number of rotatable bonds is 5. The Labute approximate surface area is 161 Å². The number of halogens is 1. The molecule has 0 aromatic heterocycles. The molecule has 0 saturated carbocycles. The Kier molecular flexibility index (Phi) is 7.12. The minimum Gasteiger partial charge on any atom is -0.381 e. The monoisotopic (exact) mass is 376 g/mol. The second-order valence-electron chi connectivity index (χ2n) is 7.39. The summed E-state index contributed by atoms with van der Waals surface area (Å²) in [5.41, 5.74) is 1.17. The zero-order valence-electron chi connectivity index (χ0n) is 15.6. The molecule has 0 radical (unpaired) electrons. The number of nitrogens with zero attached hydrogens (tertiary/aromatic N) is 2. The van der Waals surface area contributed by atoms with Crippen LogP contribution < -0.4 is 0 Å². The lowest BCUT2D eigenvalue weighted by molar-refractivity contribution is -0.134. The van der Waals surface area contributed by atoms with Crippen molar-refractivity contribution in [2.24, 2.45) is 5.92 Å². The van der Waals surface area contributed by atoms with Crippen LogP contribution in [0.25, 0.3) is 6.08 Å². The van der Waals surface area contributed by atoms with E-state index in [1.165, 1.54) is 5.56 Å². The Hall–Kier alpha value is -1.36. The average molecular weight is 377 g/mol. The summed E-state index contributed by atoms with van der Waals surface area (Å²) in [5, 5.41) is 0.764. The maximum Gasteiger partial charge on any atom is 0.236 e. The van der Waals surface area contributed by atoms with Gasteiger partial charge in [-0.1, -0.05) is 35.9 Å². The Morgan fingerprint density at radius 2 is 1.85 bits per heavy atom. The van der Waals surface area contributed by atoms with Crippen LogP contribution >= 0.6 is 11.6 Å². The lowest BCUT2D eigenvalue weighted by Gasteiger charge is -2.35. The van der Waals surface area contributed by atoms with Crippen LogP contribution in [0.2, 0.25) is 5.02 Å². The van der Waals surface area contributed by atoms with E-state index in [1.807, 2.05) is 29.2 Å². The summed E-state index contributed by atoms with van der Waals surface area (Å²) >= 11 is 5.92. The van der Waals surface area contributed by atoms with Crippen LogP contribution in [0.1, 0.15) is 31.2 Å². The van der Waals surface area contributed by atoms with Crippen molar-refractivity contribution in [1.82, 2.24) is 9.80 Å². The van der Waals surface area contributed by atoms with Crippen LogP contribution in [-0.2, 0) is 9.53 Å². The predicted octanol–water partition coefficient (Wildman–Crippen LogP) is 3.70. The molecule has 2 saturated heterocycles. The molecule has 3 rings (SSSR count). The SMILES string of the molecule is CN(CC(=O)N1CCC(/C=C/c2ccc(Cl)cc2)CC1)C1CCOCC1. The van der Waals surface area contributed by atoms with Gasteiger partial charge < -0.3 is 9.64 Å². The van der Waals surface area contributed by atoms with E-state index in [0.717, 1.165) is 57.0 Å². The molecule has 2 aliphatic rings. The minimum absolute atomic E-state index is 0.263. The van der Waals surface area contributed by atoms with Gasteiger partial charge in [-0.3, -0.25) is 9.69 Å². The van der Waals surface area contributed by atoms with Gasteiger partial charge in [-0.2, -0.15) is 0 Å². The van der Waals surface area contributed by atoms with Crippen LogP contribution in [-0.4, -0.2) is 61.6 Å². The van der Waals surface area contributed by atoms with E-state index in [9.17, 15) is 4.79 Å². The number of benzene rings is 1. The summed E-state index contributed by atoms with van der Waals surface area (Å²) in [6.07, 6.45) is 8.58. The molecule has 142 valence electrons. The first-order valence-electron chi connectivity index (χ1n) is 9.61. The lowest BCUT2D eigenvalue weighted by atomic mass is 9.95. The molecule has 2 aliphatic heterocycles. The van der Waals surface area contributed by atoms with Gasteiger partial charge in [0.2, 0.25) is 5.91 Å². The fraction of sp³-hybridized carbons (Fsp3) is 0.571. The molecule has 0 N–H and O–H groups in total. The molecule has 1 aromatic rings. The summed E-state index contributed by atoms with van der Waals surface area (Å²) in [4.78, 5) is 16.8. The van der Waals surface area contributed by atoms with E-state index in [4.69, 9.17) is 16.3 Å². The quantitative estimate of drug-likeness (QED) is 0.785. The fourth-order valence-corrected chi connectivity index (χ4v) is 3.86. The van der Waals surface area contributed by atoms with E-state index >= 15 is 0 Å². The van der Waals surface area contributed by atoms with Crippen molar-refractivity contribution < 1.29 is 9.53 Å². The molecule has 26 heavy (non-hydrogen) atoms. The number of carbonyl (C=O) groups excluding carboxylic acids is 1. The number of hydrogen-bond acceptors (Lipinski definition) is 3. The van der Waals surface area contributed by atoms with Gasteiger partial charge in [0.1, 0.15) is 0 Å². The van der Waals surface area contributed by atoms with Crippen LogP contribution in [0.3, 0.4) is 0 Å². The van der Waals surface area contributed by atoms with Crippen molar-refractivity contribution >= 4 is 23.6 Å². The fourth-order valence-electron chi connectivity index (χ4n) is 3.73. The summed E-state index contributed by atoms with van der Waals surface area (Å²) < 4.78 is 5.41. The first kappa shape index (κ1) is 19.4. The van der Waals surface area contributed by atoms with Crippen LogP contribution in [0.15, 0.2) is 30.3 Å². The van der Waals surface area contributed by atoms with Crippen molar-refractivity contribution in [3.63, 3.8) is 0 Å². The molecular formula is C21H29ClN2O2. The molecule has 1 amide bonds. The summed E-state index contributed by atoms with van der Waals surface area (Å²) in [6.45, 7) is 3.87. The van der Waals surface area contributed by atoms with E-state index in [-0.39, 0.29) is 5.91 Å². The molecule has 0 bridgehead atoms. The maximum absolute atomic E-state index is 12.6. The van der Waals surface area contributed by atoms with Crippen molar-refractivity contribution in [1.29, 1.82) is 0 Å². The first-order chi connectivity index (χ1) is 12.6. The molecule has 0 atom stereocenters. The van der Waals surface area contributed by atoms with E-state index < -0.39 is 0 Å². The first-order valence-corrected chi connectivity index (χ1v) is 9.99. The molecule has 0 aliphatic carbocycles. The summed E-state index contributed by atoms with van der Waals surface area (Å²) in [6, 6.07) is 8.37. The third-order valence-corrected chi connectivity index (χ3v) is 5.77. The van der Waals surface area contributed by atoms with Crippen molar-refractivity contribution in [2.75, 3.05) is 39.9 Å². The Morgan fingerprint density at radius 3 is 2.50 bits per heavy atom. The number of likely N-dealkylation sites (N-methyl/N-ethyl adjacent to an activating group) is 1. The van der Waals surface area contributed by atoms with Gasteiger partial charge in [-0.15, -0.1) is 0 Å². The van der Waals surface area contributed by atoms with Crippen LogP contribution in [0.4, 0.5) is 0 Å².